The van der Waals surface area contributed by atoms with Gasteiger partial charge >= 0.3 is 5.97 Å². The minimum absolute atomic E-state index is 0.150. The van der Waals surface area contributed by atoms with E-state index in [0.29, 0.717) is 6.07 Å². The Morgan fingerprint density at radius 1 is 1.31 bits per heavy atom. The molecule has 0 atom stereocenters. The second-order valence-corrected chi connectivity index (χ2v) is 2.84. The zero-order chi connectivity index (χ0) is 12.1. The highest BCUT2D eigenvalue weighted by atomic mass is 19.2. The maximum Gasteiger partial charge on any atom is 0.330 e. The van der Waals surface area contributed by atoms with E-state index in [1.807, 2.05) is 0 Å². The summed E-state index contributed by atoms with van der Waals surface area (Å²) in [7, 11) is 0. The summed E-state index contributed by atoms with van der Waals surface area (Å²) in [4.78, 5) is 10.9. The molecule has 0 spiro atoms. The second-order valence-electron chi connectivity index (χ2n) is 2.84. The van der Waals surface area contributed by atoms with E-state index in [2.05, 4.69) is 4.74 Å². The number of hydrogen-bond donors (Lipinski definition) is 0. The molecule has 5 heteroatoms. The minimum atomic E-state index is -1.33. The molecule has 0 saturated carbocycles. The Hall–Kier alpha value is -1.78. The third-order valence-electron chi connectivity index (χ3n) is 1.75. The average Bonchev–Trinajstić information content (AvgIpc) is 2.24. The molecule has 0 aliphatic rings. The van der Waals surface area contributed by atoms with Crippen molar-refractivity contribution >= 4 is 12.0 Å². The van der Waals surface area contributed by atoms with Gasteiger partial charge in [0.1, 0.15) is 5.82 Å². The van der Waals surface area contributed by atoms with E-state index in [1.54, 1.807) is 6.92 Å². The van der Waals surface area contributed by atoms with E-state index in [1.165, 1.54) is 0 Å². The third-order valence-corrected chi connectivity index (χ3v) is 1.75. The van der Waals surface area contributed by atoms with E-state index < -0.39 is 29.0 Å². The molecular formula is C11H9F3O2. The van der Waals surface area contributed by atoms with Gasteiger partial charge in [-0.2, -0.15) is 0 Å². The smallest absolute Gasteiger partial charge is 0.330 e. The van der Waals surface area contributed by atoms with Gasteiger partial charge in [0, 0.05) is 11.6 Å². The van der Waals surface area contributed by atoms with Crippen LogP contribution in [0.25, 0.3) is 6.08 Å². The first-order chi connectivity index (χ1) is 7.56. The number of hydrogen-bond acceptors (Lipinski definition) is 2. The van der Waals surface area contributed by atoms with E-state index in [4.69, 9.17) is 0 Å². The van der Waals surface area contributed by atoms with Crippen LogP contribution in [0.15, 0.2) is 18.2 Å². The number of benzene rings is 1. The maximum absolute atomic E-state index is 13.1. The molecule has 0 heterocycles. The van der Waals surface area contributed by atoms with Gasteiger partial charge in [-0.05, 0) is 25.1 Å². The quantitative estimate of drug-likeness (QED) is 0.453. The molecule has 0 radical (unpaired) electrons. The first-order valence-corrected chi connectivity index (χ1v) is 4.54. The Morgan fingerprint density at radius 2 is 1.94 bits per heavy atom. The highest BCUT2D eigenvalue weighted by Crippen LogP contribution is 2.17. The summed E-state index contributed by atoms with van der Waals surface area (Å²) in [5.41, 5.74) is -0.604. The fourth-order valence-corrected chi connectivity index (χ4v) is 1.04. The van der Waals surface area contributed by atoms with Crippen molar-refractivity contribution in [1.82, 2.24) is 0 Å². The first-order valence-electron chi connectivity index (χ1n) is 4.54. The third kappa shape index (κ3) is 2.85. The number of ether oxygens (including phenoxy) is 1. The Bertz CT molecular complexity index is 427. The number of rotatable bonds is 3. The Balaban J connectivity index is 2.97. The largest absolute Gasteiger partial charge is 0.463 e. The van der Waals surface area contributed by atoms with Gasteiger partial charge in [0.25, 0.3) is 0 Å². The molecular weight excluding hydrogens is 221 g/mol. The monoisotopic (exact) mass is 230 g/mol. The Morgan fingerprint density at radius 3 is 2.56 bits per heavy atom. The van der Waals surface area contributed by atoms with Gasteiger partial charge in [0.2, 0.25) is 0 Å². The van der Waals surface area contributed by atoms with Gasteiger partial charge < -0.3 is 4.74 Å². The SMILES string of the molecule is CCOC(=O)C=Cc1c(F)ccc(F)c1F. The lowest BCUT2D eigenvalue weighted by Gasteiger charge is -2.00. The highest BCUT2D eigenvalue weighted by molar-refractivity contribution is 5.87. The van der Waals surface area contributed by atoms with Crippen molar-refractivity contribution in [3.63, 3.8) is 0 Å². The van der Waals surface area contributed by atoms with Gasteiger partial charge in [-0.25, -0.2) is 18.0 Å². The van der Waals surface area contributed by atoms with Crippen LogP contribution in [0, 0.1) is 17.5 Å². The molecule has 1 rings (SSSR count). The van der Waals surface area contributed by atoms with Crippen molar-refractivity contribution in [2.24, 2.45) is 0 Å². The summed E-state index contributed by atoms with van der Waals surface area (Å²) in [5.74, 6) is -4.20. The summed E-state index contributed by atoms with van der Waals surface area (Å²) in [6, 6.07) is 1.45. The van der Waals surface area contributed by atoms with Gasteiger partial charge in [0.15, 0.2) is 11.6 Å². The number of carbonyl (C=O) groups excluding carboxylic acids is 1. The van der Waals surface area contributed by atoms with Gasteiger partial charge in [-0.15, -0.1) is 0 Å². The predicted octanol–water partition coefficient (Wildman–Crippen LogP) is 2.68. The van der Waals surface area contributed by atoms with Crippen molar-refractivity contribution < 1.29 is 22.7 Å². The molecule has 0 aromatic heterocycles. The molecule has 0 fully saturated rings. The van der Waals surface area contributed by atoms with Crippen molar-refractivity contribution in [3.8, 4) is 0 Å². The van der Waals surface area contributed by atoms with E-state index in [-0.39, 0.29) is 6.61 Å². The lowest BCUT2D eigenvalue weighted by molar-refractivity contribution is -0.137. The Labute approximate surface area is 90.3 Å². The van der Waals surface area contributed by atoms with Crippen molar-refractivity contribution in [1.29, 1.82) is 0 Å². The van der Waals surface area contributed by atoms with Crippen LogP contribution >= 0.6 is 0 Å². The highest BCUT2D eigenvalue weighted by Gasteiger charge is 2.11. The molecule has 16 heavy (non-hydrogen) atoms. The van der Waals surface area contributed by atoms with Crippen LogP contribution in [0.3, 0.4) is 0 Å². The van der Waals surface area contributed by atoms with Gasteiger partial charge in [-0.3, -0.25) is 0 Å². The fraction of sp³-hybridized carbons (Fsp3) is 0.182. The molecule has 86 valence electrons. The average molecular weight is 230 g/mol. The molecule has 2 nitrogen and oxygen atoms in total. The van der Waals surface area contributed by atoms with Crippen molar-refractivity contribution in [3.05, 3.63) is 41.2 Å². The lowest BCUT2D eigenvalue weighted by atomic mass is 10.2. The van der Waals surface area contributed by atoms with Crippen molar-refractivity contribution in [2.75, 3.05) is 6.61 Å². The van der Waals surface area contributed by atoms with Crippen LogP contribution in [0.2, 0.25) is 0 Å². The van der Waals surface area contributed by atoms with Crippen LogP contribution in [0.5, 0.6) is 0 Å². The summed E-state index contributed by atoms with van der Waals surface area (Å²) in [6.45, 7) is 1.74. The van der Waals surface area contributed by atoms with E-state index in [0.717, 1.165) is 18.2 Å². The van der Waals surface area contributed by atoms with E-state index >= 15 is 0 Å². The van der Waals surface area contributed by atoms with Crippen LogP contribution in [-0.4, -0.2) is 12.6 Å². The van der Waals surface area contributed by atoms with Crippen LogP contribution < -0.4 is 0 Å². The van der Waals surface area contributed by atoms with Crippen LogP contribution in [-0.2, 0) is 9.53 Å². The predicted molar refractivity (Wildman–Crippen MR) is 52.0 cm³/mol. The molecule has 0 aliphatic heterocycles. The Kier molecular flexibility index (Phi) is 4.10. The van der Waals surface area contributed by atoms with Crippen LogP contribution in [0.1, 0.15) is 12.5 Å². The van der Waals surface area contributed by atoms with E-state index in [9.17, 15) is 18.0 Å². The summed E-state index contributed by atoms with van der Waals surface area (Å²) in [6.07, 6.45) is 1.68. The van der Waals surface area contributed by atoms with Crippen molar-refractivity contribution in [2.45, 2.75) is 6.92 Å². The molecule has 0 N–H and O–H groups in total. The molecule has 0 bridgehead atoms. The molecule has 1 aromatic carbocycles. The fourth-order valence-electron chi connectivity index (χ4n) is 1.04. The zero-order valence-electron chi connectivity index (χ0n) is 8.47. The maximum atomic E-state index is 13.1. The second kappa shape index (κ2) is 5.34. The molecule has 0 amide bonds. The number of halogens is 3. The lowest BCUT2D eigenvalue weighted by Crippen LogP contribution is -2.00. The molecule has 1 aromatic rings. The normalized spacial score (nSPS) is 10.8. The molecule has 0 aliphatic carbocycles. The summed E-state index contributed by atoms with van der Waals surface area (Å²) < 4.78 is 43.4. The summed E-state index contributed by atoms with van der Waals surface area (Å²) in [5, 5.41) is 0. The molecule has 0 saturated heterocycles. The topological polar surface area (TPSA) is 26.3 Å². The summed E-state index contributed by atoms with van der Waals surface area (Å²) >= 11 is 0. The number of esters is 1. The standard InChI is InChI=1S/C11H9F3O2/c1-2-16-10(15)6-3-7-8(12)4-5-9(13)11(7)14/h3-6H,2H2,1H3. The van der Waals surface area contributed by atoms with Gasteiger partial charge in [-0.1, -0.05) is 0 Å². The zero-order valence-corrected chi connectivity index (χ0v) is 8.47. The minimum Gasteiger partial charge on any atom is -0.463 e. The molecule has 0 unspecified atom stereocenters. The van der Waals surface area contributed by atoms with Gasteiger partial charge in [0.05, 0.1) is 6.61 Å². The first kappa shape index (κ1) is 12.3. The number of carbonyl (C=O) groups is 1. The van der Waals surface area contributed by atoms with Crippen LogP contribution in [0.4, 0.5) is 13.2 Å².